The molecule has 0 saturated carbocycles. The van der Waals surface area contributed by atoms with Crippen LogP contribution in [0, 0.1) is 6.92 Å². The van der Waals surface area contributed by atoms with Crippen LogP contribution in [0.25, 0.3) is 0 Å². The fourth-order valence-corrected chi connectivity index (χ4v) is 2.03. The summed E-state index contributed by atoms with van der Waals surface area (Å²) in [7, 11) is 3.43. The van der Waals surface area contributed by atoms with Crippen LogP contribution in [0.5, 0.6) is 0 Å². The summed E-state index contributed by atoms with van der Waals surface area (Å²) in [6.45, 7) is 6.42. The summed E-state index contributed by atoms with van der Waals surface area (Å²) in [6.07, 6.45) is 0. The van der Waals surface area contributed by atoms with E-state index in [0.29, 0.717) is 13.2 Å². The molecule has 0 spiro atoms. The highest BCUT2D eigenvalue weighted by Gasteiger charge is 2.16. The minimum Gasteiger partial charge on any atom is -0.399 e. The SMILES string of the molecule is COCCN(c1cc(N)ccc1C)C(C)COC. The van der Waals surface area contributed by atoms with Crippen LogP contribution in [0.1, 0.15) is 12.5 Å². The van der Waals surface area contributed by atoms with E-state index in [0.717, 1.165) is 17.9 Å². The molecule has 0 saturated heterocycles. The molecule has 0 bridgehead atoms. The van der Waals surface area contributed by atoms with E-state index >= 15 is 0 Å². The zero-order chi connectivity index (χ0) is 13.5. The minimum atomic E-state index is 0.283. The van der Waals surface area contributed by atoms with Gasteiger partial charge in [0.15, 0.2) is 0 Å². The van der Waals surface area contributed by atoms with Crippen molar-refractivity contribution in [3.63, 3.8) is 0 Å². The molecule has 0 amide bonds. The van der Waals surface area contributed by atoms with Gasteiger partial charge in [-0.05, 0) is 31.5 Å². The van der Waals surface area contributed by atoms with Crippen molar-refractivity contribution < 1.29 is 9.47 Å². The number of aryl methyl sites for hydroxylation is 1. The molecule has 0 heterocycles. The average molecular weight is 252 g/mol. The molecule has 1 unspecified atom stereocenters. The van der Waals surface area contributed by atoms with Crippen LogP contribution in [-0.4, -0.2) is 40.0 Å². The van der Waals surface area contributed by atoms with Gasteiger partial charge in [0.25, 0.3) is 0 Å². The smallest absolute Gasteiger partial charge is 0.0663 e. The lowest BCUT2D eigenvalue weighted by Crippen LogP contribution is -2.39. The second kappa shape index (κ2) is 7.24. The van der Waals surface area contributed by atoms with Crippen LogP contribution in [0.15, 0.2) is 18.2 Å². The van der Waals surface area contributed by atoms with Crippen molar-refractivity contribution in [2.24, 2.45) is 0 Å². The molecule has 0 aliphatic rings. The van der Waals surface area contributed by atoms with Gasteiger partial charge < -0.3 is 20.1 Å². The highest BCUT2D eigenvalue weighted by Crippen LogP contribution is 2.24. The van der Waals surface area contributed by atoms with Crippen molar-refractivity contribution in [1.29, 1.82) is 0 Å². The van der Waals surface area contributed by atoms with E-state index in [2.05, 4.69) is 18.7 Å². The minimum absolute atomic E-state index is 0.283. The van der Waals surface area contributed by atoms with Gasteiger partial charge in [0, 0.05) is 38.2 Å². The maximum absolute atomic E-state index is 5.88. The third kappa shape index (κ3) is 3.89. The number of anilines is 2. The van der Waals surface area contributed by atoms with Crippen molar-refractivity contribution in [3.05, 3.63) is 23.8 Å². The third-order valence-corrected chi connectivity index (χ3v) is 3.02. The van der Waals surface area contributed by atoms with Crippen molar-refractivity contribution in [1.82, 2.24) is 0 Å². The molecule has 0 fully saturated rings. The van der Waals surface area contributed by atoms with Gasteiger partial charge in [0.05, 0.1) is 13.2 Å². The Labute approximate surface area is 110 Å². The summed E-state index contributed by atoms with van der Waals surface area (Å²) in [4.78, 5) is 2.28. The van der Waals surface area contributed by atoms with Gasteiger partial charge in [0.1, 0.15) is 0 Å². The summed E-state index contributed by atoms with van der Waals surface area (Å²) in [6, 6.07) is 6.26. The van der Waals surface area contributed by atoms with Crippen LogP contribution in [0.2, 0.25) is 0 Å². The first kappa shape index (κ1) is 14.8. The molecular formula is C14H24N2O2. The fourth-order valence-electron chi connectivity index (χ4n) is 2.03. The zero-order valence-electron chi connectivity index (χ0n) is 11.8. The van der Waals surface area contributed by atoms with Crippen LogP contribution < -0.4 is 10.6 Å². The molecule has 0 radical (unpaired) electrons. The zero-order valence-corrected chi connectivity index (χ0v) is 11.8. The number of hydrogen-bond donors (Lipinski definition) is 1. The van der Waals surface area contributed by atoms with E-state index in [9.17, 15) is 0 Å². The summed E-state index contributed by atoms with van der Waals surface area (Å²) in [5.41, 5.74) is 9.02. The van der Waals surface area contributed by atoms with E-state index < -0.39 is 0 Å². The van der Waals surface area contributed by atoms with E-state index in [1.807, 2.05) is 18.2 Å². The summed E-state index contributed by atoms with van der Waals surface area (Å²) in [5, 5.41) is 0. The molecule has 18 heavy (non-hydrogen) atoms. The molecule has 0 aromatic heterocycles. The molecule has 1 rings (SSSR count). The monoisotopic (exact) mass is 252 g/mol. The number of hydrogen-bond acceptors (Lipinski definition) is 4. The third-order valence-electron chi connectivity index (χ3n) is 3.02. The lowest BCUT2D eigenvalue weighted by molar-refractivity contribution is 0.171. The molecule has 0 aliphatic heterocycles. The van der Waals surface area contributed by atoms with Crippen molar-refractivity contribution in [3.8, 4) is 0 Å². The van der Waals surface area contributed by atoms with Crippen LogP contribution in [0.3, 0.4) is 0 Å². The first-order chi connectivity index (χ1) is 8.60. The highest BCUT2D eigenvalue weighted by atomic mass is 16.5. The average Bonchev–Trinajstić information content (AvgIpc) is 2.34. The lowest BCUT2D eigenvalue weighted by Gasteiger charge is -2.32. The molecule has 1 aromatic rings. The van der Waals surface area contributed by atoms with E-state index in [1.165, 1.54) is 5.56 Å². The van der Waals surface area contributed by atoms with Gasteiger partial charge in [-0.3, -0.25) is 0 Å². The van der Waals surface area contributed by atoms with Crippen LogP contribution in [0.4, 0.5) is 11.4 Å². The second-order valence-electron chi connectivity index (χ2n) is 4.54. The quantitative estimate of drug-likeness (QED) is 0.755. The normalized spacial score (nSPS) is 12.4. The lowest BCUT2D eigenvalue weighted by atomic mass is 10.1. The first-order valence-corrected chi connectivity index (χ1v) is 6.20. The Hall–Kier alpha value is -1.26. The second-order valence-corrected chi connectivity index (χ2v) is 4.54. The van der Waals surface area contributed by atoms with Gasteiger partial charge in [-0.25, -0.2) is 0 Å². The van der Waals surface area contributed by atoms with Gasteiger partial charge in [-0.2, -0.15) is 0 Å². The maximum Gasteiger partial charge on any atom is 0.0663 e. The Balaban J connectivity index is 2.96. The van der Waals surface area contributed by atoms with E-state index in [-0.39, 0.29) is 6.04 Å². The van der Waals surface area contributed by atoms with Gasteiger partial charge in [0.2, 0.25) is 0 Å². The van der Waals surface area contributed by atoms with E-state index in [1.54, 1.807) is 14.2 Å². The predicted molar refractivity (Wildman–Crippen MR) is 76.2 cm³/mol. The number of methoxy groups -OCH3 is 2. The van der Waals surface area contributed by atoms with Crippen LogP contribution >= 0.6 is 0 Å². The summed E-state index contributed by atoms with van der Waals surface area (Å²) in [5.74, 6) is 0. The maximum atomic E-state index is 5.88. The van der Waals surface area contributed by atoms with Crippen molar-refractivity contribution in [2.75, 3.05) is 44.6 Å². The Morgan fingerprint density at radius 2 is 2.00 bits per heavy atom. The predicted octanol–water partition coefficient (Wildman–Crippen LogP) is 2.06. The number of nitrogen functional groups attached to an aromatic ring is 1. The molecule has 4 heteroatoms. The Morgan fingerprint density at radius 3 is 2.61 bits per heavy atom. The van der Waals surface area contributed by atoms with E-state index in [4.69, 9.17) is 15.2 Å². The standard InChI is InChI=1S/C14H24N2O2/c1-11-5-6-13(15)9-14(11)16(7-8-17-3)12(2)10-18-4/h5-6,9,12H,7-8,10,15H2,1-4H3. The highest BCUT2D eigenvalue weighted by molar-refractivity contribution is 5.61. The summed E-state index contributed by atoms with van der Waals surface area (Å²) < 4.78 is 10.4. The number of rotatable bonds is 7. The molecule has 1 aromatic carbocycles. The molecule has 1 atom stereocenters. The number of nitrogens with zero attached hydrogens (tertiary/aromatic N) is 1. The topological polar surface area (TPSA) is 47.7 Å². The number of benzene rings is 1. The summed E-state index contributed by atoms with van der Waals surface area (Å²) >= 11 is 0. The van der Waals surface area contributed by atoms with Gasteiger partial charge in [-0.1, -0.05) is 6.07 Å². The fraction of sp³-hybridized carbons (Fsp3) is 0.571. The molecule has 0 aliphatic carbocycles. The Kier molecular flexibility index (Phi) is 5.95. The Bertz CT molecular complexity index is 369. The molecular weight excluding hydrogens is 228 g/mol. The van der Waals surface area contributed by atoms with Crippen molar-refractivity contribution >= 4 is 11.4 Å². The first-order valence-electron chi connectivity index (χ1n) is 6.20. The largest absolute Gasteiger partial charge is 0.399 e. The molecule has 2 N–H and O–H groups in total. The number of ether oxygens (including phenoxy) is 2. The Morgan fingerprint density at radius 1 is 1.28 bits per heavy atom. The van der Waals surface area contributed by atoms with Gasteiger partial charge >= 0.3 is 0 Å². The van der Waals surface area contributed by atoms with Crippen molar-refractivity contribution in [2.45, 2.75) is 19.9 Å². The molecule has 4 nitrogen and oxygen atoms in total. The number of nitrogens with two attached hydrogens (primary N) is 1. The molecule has 102 valence electrons. The van der Waals surface area contributed by atoms with Gasteiger partial charge in [-0.15, -0.1) is 0 Å². The van der Waals surface area contributed by atoms with Crippen LogP contribution in [-0.2, 0) is 9.47 Å².